The van der Waals surface area contributed by atoms with E-state index < -0.39 is 0 Å². The van der Waals surface area contributed by atoms with Crippen LogP contribution in [0.4, 0.5) is 4.39 Å². The molecule has 0 aliphatic heterocycles. The first-order valence-electron chi connectivity index (χ1n) is 12.4. The van der Waals surface area contributed by atoms with E-state index in [-0.39, 0.29) is 11.2 Å². The van der Waals surface area contributed by atoms with Gasteiger partial charge in [-0.25, -0.2) is 9.37 Å². The van der Waals surface area contributed by atoms with Crippen molar-refractivity contribution >= 4 is 0 Å². The van der Waals surface area contributed by atoms with Crippen LogP contribution in [0.2, 0.25) is 0 Å². The summed E-state index contributed by atoms with van der Waals surface area (Å²) < 4.78 is 16.9. The summed E-state index contributed by atoms with van der Waals surface area (Å²) >= 11 is 0. The molecule has 1 saturated carbocycles. The zero-order valence-electron chi connectivity index (χ0n) is 19.4. The molecule has 1 aliphatic rings. The van der Waals surface area contributed by atoms with Gasteiger partial charge in [-0.05, 0) is 55.2 Å². The Morgan fingerprint density at radius 2 is 1.90 bits per heavy atom. The summed E-state index contributed by atoms with van der Waals surface area (Å²) in [6.45, 7) is 7.71. The molecule has 1 aromatic carbocycles. The summed E-state index contributed by atoms with van der Waals surface area (Å²) in [7, 11) is 0. The predicted octanol–water partition coefficient (Wildman–Crippen LogP) is 7.71. The second kappa shape index (κ2) is 11.1. The van der Waals surface area contributed by atoms with Gasteiger partial charge in [0, 0.05) is 30.8 Å². The molecule has 0 bridgehead atoms. The summed E-state index contributed by atoms with van der Waals surface area (Å²) in [4.78, 5) is 4.63. The van der Waals surface area contributed by atoms with Crippen molar-refractivity contribution in [3.63, 3.8) is 0 Å². The highest BCUT2D eigenvalue weighted by atomic mass is 19.1. The molecule has 0 radical (unpaired) electrons. The van der Waals surface area contributed by atoms with Gasteiger partial charge in [-0.2, -0.15) is 0 Å². The van der Waals surface area contributed by atoms with E-state index >= 15 is 0 Å². The highest BCUT2D eigenvalue weighted by Gasteiger charge is 2.47. The number of hydrogen-bond donors (Lipinski definition) is 0. The molecular formula is C27H41FN2. The number of halogens is 1. The molecule has 0 amide bonds. The van der Waals surface area contributed by atoms with Gasteiger partial charge < -0.3 is 4.57 Å². The van der Waals surface area contributed by atoms with E-state index in [1.54, 1.807) is 6.07 Å². The molecule has 1 aromatic heterocycles. The molecule has 3 heteroatoms. The predicted molar refractivity (Wildman–Crippen MR) is 124 cm³/mol. The van der Waals surface area contributed by atoms with Crippen LogP contribution < -0.4 is 0 Å². The first-order chi connectivity index (χ1) is 14.7. The maximum atomic E-state index is 14.5. The van der Waals surface area contributed by atoms with Crippen molar-refractivity contribution in [2.75, 3.05) is 0 Å². The van der Waals surface area contributed by atoms with Gasteiger partial charge in [0.2, 0.25) is 0 Å². The van der Waals surface area contributed by atoms with Crippen LogP contribution in [0.1, 0.15) is 96.4 Å². The number of benzene rings is 1. The van der Waals surface area contributed by atoms with Crippen LogP contribution in [0, 0.1) is 17.7 Å². The number of aryl methyl sites for hydroxylation is 1. The molecule has 3 rings (SSSR count). The summed E-state index contributed by atoms with van der Waals surface area (Å²) in [5.41, 5.74) is 1.20. The van der Waals surface area contributed by atoms with E-state index in [4.69, 9.17) is 0 Å². The Bertz CT molecular complexity index is 762. The largest absolute Gasteiger partial charge is 0.334 e. The minimum Gasteiger partial charge on any atom is -0.334 e. The smallest absolute Gasteiger partial charge is 0.123 e. The SMILES string of the molecule is CCCCCC(CCC)C(Cn1ccnc1CC)(c1cccc(F)c1)C1CCCC1. The molecule has 0 spiro atoms. The van der Waals surface area contributed by atoms with Crippen LogP contribution in [0.15, 0.2) is 36.7 Å². The van der Waals surface area contributed by atoms with Crippen LogP contribution in [0.5, 0.6) is 0 Å². The third-order valence-corrected chi connectivity index (χ3v) is 7.52. The number of imidazole rings is 1. The molecule has 0 N–H and O–H groups in total. The summed E-state index contributed by atoms with van der Waals surface area (Å²) in [5, 5.41) is 0. The minimum absolute atomic E-state index is 0.0209. The lowest BCUT2D eigenvalue weighted by Gasteiger charge is -2.47. The number of nitrogens with zero attached hydrogens (tertiary/aromatic N) is 2. The quantitative estimate of drug-likeness (QED) is 0.326. The Hall–Kier alpha value is -1.64. The highest BCUT2D eigenvalue weighted by molar-refractivity contribution is 5.29. The van der Waals surface area contributed by atoms with Gasteiger partial charge in [0.25, 0.3) is 0 Å². The standard InChI is InChI=1S/C27H41FN2/c1-4-7-8-13-22(12-5-2)27(23-14-9-10-15-23,24-16-11-17-25(28)20-24)21-30-19-18-29-26(30)6-3/h11,16-20,22-23H,4-10,12-15,21H2,1-3H3. The number of hydrogen-bond acceptors (Lipinski definition) is 1. The molecule has 166 valence electrons. The van der Waals surface area contributed by atoms with Crippen molar-refractivity contribution in [2.45, 2.75) is 103 Å². The first-order valence-corrected chi connectivity index (χ1v) is 12.4. The van der Waals surface area contributed by atoms with E-state index in [0.717, 1.165) is 18.8 Å². The zero-order chi connectivity index (χ0) is 21.4. The van der Waals surface area contributed by atoms with Crippen LogP contribution in [0.3, 0.4) is 0 Å². The molecule has 2 nitrogen and oxygen atoms in total. The van der Waals surface area contributed by atoms with Gasteiger partial charge in [-0.3, -0.25) is 0 Å². The van der Waals surface area contributed by atoms with Crippen LogP contribution in [0.25, 0.3) is 0 Å². The Morgan fingerprint density at radius 3 is 2.57 bits per heavy atom. The summed E-state index contributed by atoms with van der Waals surface area (Å²) in [5.74, 6) is 2.24. The fourth-order valence-corrected chi connectivity index (χ4v) is 6.10. The Labute approximate surface area is 183 Å². The molecular weight excluding hydrogens is 371 g/mol. The second-order valence-corrected chi connectivity index (χ2v) is 9.34. The first kappa shape index (κ1) is 23.0. The van der Waals surface area contributed by atoms with E-state index in [9.17, 15) is 4.39 Å². The minimum atomic E-state index is -0.0972. The van der Waals surface area contributed by atoms with E-state index in [1.165, 1.54) is 69.8 Å². The normalized spacial score (nSPS) is 17.9. The lowest BCUT2D eigenvalue weighted by atomic mass is 9.59. The van der Waals surface area contributed by atoms with E-state index in [1.807, 2.05) is 18.3 Å². The third kappa shape index (κ3) is 4.98. The molecule has 2 atom stereocenters. The van der Waals surface area contributed by atoms with Crippen molar-refractivity contribution in [2.24, 2.45) is 11.8 Å². The fourth-order valence-electron chi connectivity index (χ4n) is 6.10. The van der Waals surface area contributed by atoms with Crippen molar-refractivity contribution in [1.82, 2.24) is 9.55 Å². The van der Waals surface area contributed by atoms with E-state index in [2.05, 4.69) is 42.6 Å². The lowest BCUT2D eigenvalue weighted by Crippen LogP contribution is -2.45. The van der Waals surface area contributed by atoms with Gasteiger partial charge in [-0.15, -0.1) is 0 Å². The molecule has 1 fully saturated rings. The Balaban J connectivity index is 2.13. The Kier molecular flexibility index (Phi) is 8.53. The molecule has 1 aliphatic carbocycles. The van der Waals surface area contributed by atoms with Crippen molar-refractivity contribution in [3.05, 3.63) is 53.9 Å². The second-order valence-electron chi connectivity index (χ2n) is 9.34. The monoisotopic (exact) mass is 412 g/mol. The molecule has 2 aromatic rings. The van der Waals surface area contributed by atoms with Crippen LogP contribution in [-0.4, -0.2) is 9.55 Å². The highest BCUT2D eigenvalue weighted by Crippen LogP contribution is 2.51. The molecule has 0 saturated heterocycles. The van der Waals surface area contributed by atoms with Gasteiger partial charge in [0.1, 0.15) is 11.6 Å². The Morgan fingerprint density at radius 1 is 1.10 bits per heavy atom. The number of rotatable bonds is 12. The molecule has 30 heavy (non-hydrogen) atoms. The lowest BCUT2D eigenvalue weighted by molar-refractivity contribution is 0.120. The molecule has 2 unspecified atom stereocenters. The van der Waals surface area contributed by atoms with Gasteiger partial charge >= 0.3 is 0 Å². The van der Waals surface area contributed by atoms with Crippen molar-refractivity contribution in [1.29, 1.82) is 0 Å². The van der Waals surface area contributed by atoms with Gasteiger partial charge in [0.05, 0.1) is 0 Å². The topological polar surface area (TPSA) is 17.8 Å². The number of aromatic nitrogens is 2. The van der Waals surface area contributed by atoms with Crippen molar-refractivity contribution in [3.8, 4) is 0 Å². The van der Waals surface area contributed by atoms with Crippen LogP contribution >= 0.6 is 0 Å². The zero-order valence-corrected chi connectivity index (χ0v) is 19.4. The number of unbranched alkanes of at least 4 members (excludes halogenated alkanes) is 2. The molecule has 1 heterocycles. The van der Waals surface area contributed by atoms with Gasteiger partial charge in [-0.1, -0.05) is 71.4 Å². The van der Waals surface area contributed by atoms with Crippen molar-refractivity contribution < 1.29 is 4.39 Å². The third-order valence-electron chi connectivity index (χ3n) is 7.52. The summed E-state index contributed by atoms with van der Waals surface area (Å²) in [6.07, 6.45) is 17.6. The maximum Gasteiger partial charge on any atom is 0.123 e. The van der Waals surface area contributed by atoms with Gasteiger partial charge in [0.15, 0.2) is 0 Å². The van der Waals surface area contributed by atoms with E-state index in [0.29, 0.717) is 11.8 Å². The average Bonchev–Trinajstić information content (AvgIpc) is 3.43. The summed E-state index contributed by atoms with van der Waals surface area (Å²) in [6, 6.07) is 7.59. The fraction of sp³-hybridized carbons (Fsp3) is 0.667. The van der Waals surface area contributed by atoms with Crippen LogP contribution in [-0.2, 0) is 18.4 Å². The average molecular weight is 413 g/mol. The maximum absolute atomic E-state index is 14.5.